The molecule has 1 atom stereocenters. The van der Waals surface area contributed by atoms with Gasteiger partial charge in [-0.2, -0.15) is 0 Å². The lowest BCUT2D eigenvalue weighted by Crippen LogP contribution is -2.36. The first kappa shape index (κ1) is 12.0. The van der Waals surface area contributed by atoms with Gasteiger partial charge in [0.2, 0.25) is 5.91 Å². The molecule has 0 radical (unpaired) electrons. The molecule has 0 bridgehead atoms. The van der Waals surface area contributed by atoms with Crippen LogP contribution in [-0.2, 0) is 9.59 Å². The monoisotopic (exact) mass is 188 g/mol. The fourth-order valence-corrected chi connectivity index (χ4v) is 0.913. The number of carbonyl (C=O) groups excluding carboxylic acids is 2. The van der Waals surface area contributed by atoms with Gasteiger partial charge < -0.3 is 4.79 Å². The maximum atomic E-state index is 10.6. The number of hydrogen-bond acceptors (Lipinski definition) is 5. The molecular weight excluding hydrogens is 172 g/mol. The van der Waals surface area contributed by atoms with Crippen molar-refractivity contribution in [2.24, 2.45) is 11.7 Å². The van der Waals surface area contributed by atoms with Crippen molar-refractivity contribution in [3.63, 3.8) is 0 Å². The Labute approximate surface area is 77.0 Å². The van der Waals surface area contributed by atoms with Gasteiger partial charge in [0.25, 0.3) is 0 Å². The minimum atomic E-state index is -0.319. The molecule has 0 aromatic carbocycles. The summed E-state index contributed by atoms with van der Waals surface area (Å²) in [5.41, 5.74) is 4.39. The molecule has 0 heterocycles. The van der Waals surface area contributed by atoms with E-state index in [1.54, 1.807) is 0 Å². The molecule has 13 heavy (non-hydrogen) atoms. The van der Waals surface area contributed by atoms with Crippen LogP contribution in [0.1, 0.15) is 25.7 Å². The van der Waals surface area contributed by atoms with Crippen LogP contribution in [0.3, 0.4) is 0 Å². The second-order valence-corrected chi connectivity index (χ2v) is 2.72. The number of amides is 1. The number of nitrogens with one attached hydrogen (secondary N) is 2. The van der Waals surface area contributed by atoms with E-state index in [9.17, 15) is 9.59 Å². The highest BCUT2D eigenvalue weighted by atomic mass is 16.2. The van der Waals surface area contributed by atoms with Gasteiger partial charge in [-0.1, -0.05) is 6.42 Å². The van der Waals surface area contributed by atoms with Crippen molar-refractivity contribution in [1.29, 1.82) is 0 Å². The zero-order chi connectivity index (χ0) is 10.1. The molecule has 0 aliphatic rings. The summed E-state index contributed by atoms with van der Waals surface area (Å²) in [5.74, 6) is 9.76. The summed E-state index contributed by atoms with van der Waals surface area (Å²) in [6, 6.07) is -0.319. The molecule has 0 aromatic rings. The largest absolute Gasteiger partial charge is 0.302 e. The third kappa shape index (κ3) is 6.21. The molecule has 1 amide bonds. The quantitative estimate of drug-likeness (QED) is 0.129. The van der Waals surface area contributed by atoms with Gasteiger partial charge in [0.1, 0.15) is 6.29 Å². The van der Waals surface area contributed by atoms with E-state index in [1.807, 2.05) is 5.43 Å². The Bertz CT molecular complexity index is 163. The summed E-state index contributed by atoms with van der Waals surface area (Å²) >= 11 is 0. The van der Waals surface area contributed by atoms with Crippen LogP contribution in [0.15, 0.2) is 0 Å². The van der Waals surface area contributed by atoms with Crippen LogP contribution >= 0.6 is 0 Å². The molecule has 0 aliphatic heterocycles. The summed E-state index contributed by atoms with van der Waals surface area (Å²) in [4.78, 5) is 20.9. The van der Waals surface area contributed by atoms with Gasteiger partial charge in [0.05, 0.1) is 6.04 Å². The van der Waals surface area contributed by atoms with E-state index >= 15 is 0 Å². The fraction of sp³-hybridized carbons (Fsp3) is 0.714. The third-order valence-corrected chi connectivity index (χ3v) is 1.71. The molecule has 0 fully saturated rings. The van der Waals surface area contributed by atoms with E-state index in [1.165, 1.54) is 0 Å². The van der Waals surface area contributed by atoms with E-state index in [4.69, 9.17) is 11.7 Å². The molecule has 6 N–H and O–H groups in total. The molecule has 0 aliphatic carbocycles. The Morgan fingerprint density at radius 3 is 2.54 bits per heavy atom. The number of hydrogen-bond donors (Lipinski definition) is 4. The predicted molar refractivity (Wildman–Crippen MR) is 48.0 cm³/mol. The first-order valence-electron chi connectivity index (χ1n) is 4.15. The van der Waals surface area contributed by atoms with Gasteiger partial charge in [-0.15, -0.1) is 0 Å². The number of carbonyl (C=O) groups is 2. The van der Waals surface area contributed by atoms with Crippen LogP contribution in [0.5, 0.6) is 0 Å². The van der Waals surface area contributed by atoms with Crippen LogP contribution in [-0.4, -0.2) is 18.2 Å². The van der Waals surface area contributed by atoms with E-state index in [2.05, 4.69) is 5.43 Å². The van der Waals surface area contributed by atoms with Gasteiger partial charge in [0, 0.05) is 6.42 Å². The molecule has 0 aromatic heterocycles. The molecule has 0 spiro atoms. The molecule has 6 nitrogen and oxygen atoms in total. The Morgan fingerprint density at radius 2 is 2.08 bits per heavy atom. The molecule has 0 saturated carbocycles. The Hall–Kier alpha value is -0.980. The number of aldehydes is 1. The lowest BCUT2D eigenvalue weighted by Gasteiger charge is -2.07. The first-order valence-corrected chi connectivity index (χ1v) is 4.15. The second-order valence-electron chi connectivity index (χ2n) is 2.72. The zero-order valence-electron chi connectivity index (χ0n) is 7.45. The highest BCUT2D eigenvalue weighted by Gasteiger charge is 2.04. The van der Waals surface area contributed by atoms with Crippen LogP contribution < -0.4 is 22.5 Å². The molecule has 0 saturated heterocycles. The average Bonchev–Trinajstić information content (AvgIpc) is 2.18. The van der Waals surface area contributed by atoms with Gasteiger partial charge in [0.15, 0.2) is 0 Å². The van der Waals surface area contributed by atoms with Gasteiger partial charge in [-0.05, 0) is 12.8 Å². The predicted octanol–water partition coefficient (Wildman–Crippen LogP) is -1.43. The normalized spacial score (nSPS) is 12.2. The van der Waals surface area contributed by atoms with E-state index in [0.717, 1.165) is 12.7 Å². The van der Waals surface area contributed by atoms with Crippen molar-refractivity contribution < 1.29 is 9.59 Å². The molecule has 6 heteroatoms. The van der Waals surface area contributed by atoms with Crippen molar-refractivity contribution in [1.82, 2.24) is 10.9 Å². The molecule has 0 rings (SSSR count). The topological polar surface area (TPSA) is 110 Å². The van der Waals surface area contributed by atoms with Crippen molar-refractivity contribution in [3.8, 4) is 0 Å². The van der Waals surface area contributed by atoms with Crippen molar-refractivity contribution in [3.05, 3.63) is 0 Å². The number of unbranched alkanes of at least 4 members (excludes halogenated alkanes) is 1. The summed E-state index contributed by atoms with van der Waals surface area (Å²) in [6.45, 7) is 0. The number of rotatable bonds is 7. The summed E-state index contributed by atoms with van der Waals surface area (Å²) in [6.07, 6.45) is 3.24. The van der Waals surface area contributed by atoms with Crippen LogP contribution in [0.25, 0.3) is 0 Å². The maximum absolute atomic E-state index is 10.6. The smallest absolute Gasteiger partial charge is 0.233 e. The first-order chi connectivity index (χ1) is 6.24. The average molecular weight is 188 g/mol. The standard InChI is InChI=1S/C7H16N4O2/c8-10-6(5-12)3-1-2-4-7(13)11-9/h5-6,10H,1-4,8-9H2,(H,11,13). The van der Waals surface area contributed by atoms with E-state index in [-0.39, 0.29) is 11.9 Å². The Balaban J connectivity index is 3.33. The highest BCUT2D eigenvalue weighted by Crippen LogP contribution is 2.01. The van der Waals surface area contributed by atoms with Crippen molar-refractivity contribution in [2.75, 3.05) is 0 Å². The summed E-state index contributed by atoms with van der Waals surface area (Å²) in [7, 11) is 0. The number of hydrazine groups is 2. The van der Waals surface area contributed by atoms with E-state index < -0.39 is 0 Å². The van der Waals surface area contributed by atoms with Crippen LogP contribution in [0.2, 0.25) is 0 Å². The lowest BCUT2D eigenvalue weighted by atomic mass is 10.1. The fourth-order valence-electron chi connectivity index (χ4n) is 0.913. The van der Waals surface area contributed by atoms with Gasteiger partial charge in [-0.25, -0.2) is 5.84 Å². The van der Waals surface area contributed by atoms with Crippen LogP contribution in [0, 0.1) is 0 Å². The molecule has 76 valence electrons. The van der Waals surface area contributed by atoms with Gasteiger partial charge in [-0.3, -0.25) is 21.5 Å². The van der Waals surface area contributed by atoms with Gasteiger partial charge >= 0.3 is 0 Å². The van der Waals surface area contributed by atoms with Crippen molar-refractivity contribution in [2.45, 2.75) is 31.7 Å². The third-order valence-electron chi connectivity index (χ3n) is 1.71. The number of nitrogens with two attached hydrogens (primary N) is 2. The summed E-state index contributed by atoms with van der Waals surface area (Å²) in [5, 5.41) is 0. The minimum absolute atomic E-state index is 0.191. The SMILES string of the molecule is NNC(=O)CCCCC(C=O)NN. The second kappa shape index (κ2) is 7.66. The zero-order valence-corrected chi connectivity index (χ0v) is 7.45. The summed E-state index contributed by atoms with van der Waals surface area (Å²) < 4.78 is 0. The van der Waals surface area contributed by atoms with Crippen molar-refractivity contribution >= 4 is 12.2 Å². The van der Waals surface area contributed by atoms with E-state index in [0.29, 0.717) is 19.3 Å². The Morgan fingerprint density at radius 1 is 1.38 bits per heavy atom. The highest BCUT2D eigenvalue weighted by molar-refractivity contribution is 5.75. The minimum Gasteiger partial charge on any atom is -0.302 e. The maximum Gasteiger partial charge on any atom is 0.233 e. The molecule has 1 unspecified atom stereocenters. The molecular formula is C7H16N4O2. The van der Waals surface area contributed by atoms with Crippen LogP contribution in [0.4, 0.5) is 0 Å². The Kier molecular flexibility index (Phi) is 7.08. The lowest BCUT2D eigenvalue weighted by molar-refractivity contribution is -0.121.